The Balaban J connectivity index is 1.37. The summed E-state index contributed by atoms with van der Waals surface area (Å²) in [6, 6.07) is 35.4. The summed E-state index contributed by atoms with van der Waals surface area (Å²) < 4.78 is 31.0. The first-order valence-electron chi connectivity index (χ1n) is 15.1. The predicted molar refractivity (Wildman–Crippen MR) is 170 cm³/mol. The molecule has 0 aliphatic carbocycles. The van der Waals surface area contributed by atoms with Crippen LogP contribution in [0.4, 0.5) is 0 Å². The predicted octanol–water partition coefficient (Wildman–Crippen LogP) is 8.01. The lowest BCUT2D eigenvalue weighted by molar-refractivity contribution is -0.142. The minimum Gasteiger partial charge on any atom is -0.496 e. The molecular formula is C38H42O5. The van der Waals surface area contributed by atoms with Crippen molar-refractivity contribution < 1.29 is 23.7 Å². The Hall–Kier alpha value is -3.74. The molecule has 5 heteroatoms. The van der Waals surface area contributed by atoms with Gasteiger partial charge in [0.15, 0.2) is 0 Å². The van der Waals surface area contributed by atoms with Crippen LogP contribution < -0.4 is 4.74 Å². The minimum atomic E-state index is -0.153. The van der Waals surface area contributed by atoms with E-state index in [0.29, 0.717) is 33.0 Å². The summed E-state index contributed by atoms with van der Waals surface area (Å²) in [6.45, 7) is 6.40. The van der Waals surface area contributed by atoms with Gasteiger partial charge in [0.05, 0.1) is 58.5 Å². The minimum absolute atomic E-state index is 0.0316. The summed E-state index contributed by atoms with van der Waals surface area (Å²) >= 11 is 0. The lowest BCUT2D eigenvalue weighted by Gasteiger charge is -2.36. The first-order chi connectivity index (χ1) is 21.2. The van der Waals surface area contributed by atoms with E-state index in [1.54, 1.807) is 13.2 Å². The van der Waals surface area contributed by atoms with E-state index in [9.17, 15) is 0 Å². The van der Waals surface area contributed by atoms with Crippen molar-refractivity contribution in [3.8, 4) is 5.75 Å². The van der Waals surface area contributed by atoms with E-state index < -0.39 is 0 Å². The molecule has 5 rings (SSSR count). The number of rotatable bonds is 15. The van der Waals surface area contributed by atoms with Gasteiger partial charge in [0.1, 0.15) is 5.75 Å². The van der Waals surface area contributed by atoms with E-state index in [1.807, 2.05) is 36.4 Å². The summed E-state index contributed by atoms with van der Waals surface area (Å²) in [4.78, 5) is 0. The standard InChI is InChI=1S/C38H42O5/c1-3-20-40-27-33-19-18-31(21-32-16-10-11-17-37(32)39-2)22-36(33)38-24-34(42-26-30-14-8-5-9-15-30)23-35(43-38)28-41-25-29-12-6-4-7-13-29/h3-19,22,34-35,38H,1,20-21,23-28H2,2H3/t34-,35-,38+/m0/s1. The van der Waals surface area contributed by atoms with Crippen LogP contribution >= 0.6 is 0 Å². The molecule has 1 heterocycles. The molecule has 0 N–H and O–H groups in total. The highest BCUT2D eigenvalue weighted by Crippen LogP contribution is 2.36. The highest BCUT2D eigenvalue weighted by atomic mass is 16.5. The van der Waals surface area contributed by atoms with E-state index in [2.05, 4.69) is 73.3 Å². The van der Waals surface area contributed by atoms with Crippen LogP contribution in [0.2, 0.25) is 0 Å². The molecule has 1 aliphatic heterocycles. The third-order valence-electron chi connectivity index (χ3n) is 7.74. The van der Waals surface area contributed by atoms with Crippen LogP contribution in [-0.4, -0.2) is 32.5 Å². The van der Waals surface area contributed by atoms with E-state index in [-0.39, 0.29) is 18.3 Å². The summed E-state index contributed by atoms with van der Waals surface area (Å²) in [6.07, 6.45) is 3.86. The second-order valence-electron chi connectivity index (χ2n) is 11.0. The van der Waals surface area contributed by atoms with Gasteiger partial charge in [0.2, 0.25) is 0 Å². The Morgan fingerprint density at radius 3 is 2.21 bits per heavy atom. The molecule has 0 aromatic heterocycles. The largest absolute Gasteiger partial charge is 0.496 e. The normalized spacial score (nSPS) is 18.3. The number of benzene rings is 4. The highest BCUT2D eigenvalue weighted by Gasteiger charge is 2.32. The highest BCUT2D eigenvalue weighted by molar-refractivity contribution is 5.41. The Morgan fingerprint density at radius 2 is 1.47 bits per heavy atom. The fraction of sp³-hybridized carbons (Fsp3) is 0.316. The summed E-state index contributed by atoms with van der Waals surface area (Å²) in [5.41, 5.74) is 6.91. The van der Waals surface area contributed by atoms with Crippen molar-refractivity contribution in [2.45, 2.75) is 57.4 Å². The lowest BCUT2D eigenvalue weighted by atomic mass is 9.90. The van der Waals surface area contributed by atoms with Crippen LogP contribution in [0.5, 0.6) is 5.75 Å². The average molecular weight is 579 g/mol. The maximum atomic E-state index is 6.78. The van der Waals surface area contributed by atoms with Gasteiger partial charge in [-0.2, -0.15) is 0 Å². The van der Waals surface area contributed by atoms with Crippen molar-refractivity contribution in [1.29, 1.82) is 0 Å². The van der Waals surface area contributed by atoms with Gasteiger partial charge in [-0.05, 0) is 39.4 Å². The van der Waals surface area contributed by atoms with Crippen LogP contribution in [0.3, 0.4) is 0 Å². The molecular weight excluding hydrogens is 536 g/mol. The molecule has 224 valence electrons. The SMILES string of the molecule is C=CCOCc1ccc(Cc2ccccc2OC)cc1[C@H]1C[C@@H](OCc2ccccc2)C[C@@H](COCc2ccccc2)O1. The molecule has 43 heavy (non-hydrogen) atoms. The quantitative estimate of drug-likeness (QED) is 0.106. The Bertz CT molecular complexity index is 1400. The first-order valence-corrected chi connectivity index (χ1v) is 15.1. The number of para-hydroxylation sites is 1. The second kappa shape index (κ2) is 16.2. The van der Waals surface area contributed by atoms with Crippen LogP contribution in [0.1, 0.15) is 52.3 Å². The topological polar surface area (TPSA) is 46.2 Å². The van der Waals surface area contributed by atoms with Crippen molar-refractivity contribution in [3.63, 3.8) is 0 Å². The van der Waals surface area contributed by atoms with Gasteiger partial charge in [0, 0.05) is 19.3 Å². The lowest BCUT2D eigenvalue weighted by Crippen LogP contribution is -2.36. The van der Waals surface area contributed by atoms with Gasteiger partial charge >= 0.3 is 0 Å². The molecule has 1 fully saturated rings. The second-order valence-corrected chi connectivity index (χ2v) is 11.0. The Kier molecular flexibility index (Phi) is 11.6. The van der Waals surface area contributed by atoms with E-state index >= 15 is 0 Å². The molecule has 1 saturated heterocycles. The van der Waals surface area contributed by atoms with Crippen molar-refractivity contribution in [1.82, 2.24) is 0 Å². The Labute approximate surface area is 256 Å². The number of hydrogen-bond acceptors (Lipinski definition) is 5. The summed E-state index contributed by atoms with van der Waals surface area (Å²) in [7, 11) is 1.72. The molecule has 4 aromatic rings. The molecule has 0 radical (unpaired) electrons. The average Bonchev–Trinajstić information content (AvgIpc) is 3.05. The maximum Gasteiger partial charge on any atom is 0.122 e. The third-order valence-corrected chi connectivity index (χ3v) is 7.74. The van der Waals surface area contributed by atoms with Gasteiger partial charge in [-0.25, -0.2) is 0 Å². The van der Waals surface area contributed by atoms with E-state index in [4.69, 9.17) is 23.7 Å². The fourth-order valence-corrected chi connectivity index (χ4v) is 5.59. The molecule has 0 saturated carbocycles. The molecule has 0 amide bonds. The van der Waals surface area contributed by atoms with Crippen LogP contribution in [0.15, 0.2) is 116 Å². The zero-order valence-electron chi connectivity index (χ0n) is 25.0. The summed E-state index contributed by atoms with van der Waals surface area (Å²) in [5, 5.41) is 0. The number of ether oxygens (including phenoxy) is 5. The first kappa shape index (κ1) is 30.7. The number of methoxy groups -OCH3 is 1. The molecule has 0 spiro atoms. The molecule has 0 unspecified atom stereocenters. The molecule has 3 atom stereocenters. The smallest absolute Gasteiger partial charge is 0.122 e. The van der Waals surface area contributed by atoms with Crippen LogP contribution in [0, 0.1) is 0 Å². The van der Waals surface area contributed by atoms with Gasteiger partial charge in [0.25, 0.3) is 0 Å². The fourth-order valence-electron chi connectivity index (χ4n) is 5.59. The number of hydrogen-bond donors (Lipinski definition) is 0. The van der Waals surface area contributed by atoms with Crippen LogP contribution in [-0.2, 0) is 45.2 Å². The zero-order chi connectivity index (χ0) is 29.7. The van der Waals surface area contributed by atoms with Gasteiger partial charge in [-0.3, -0.25) is 0 Å². The summed E-state index contributed by atoms with van der Waals surface area (Å²) in [5.74, 6) is 0.890. The van der Waals surface area contributed by atoms with Crippen molar-refractivity contribution in [2.75, 3.05) is 20.3 Å². The maximum absolute atomic E-state index is 6.78. The van der Waals surface area contributed by atoms with Crippen molar-refractivity contribution in [2.24, 2.45) is 0 Å². The molecule has 5 nitrogen and oxygen atoms in total. The van der Waals surface area contributed by atoms with Crippen LogP contribution in [0.25, 0.3) is 0 Å². The van der Waals surface area contributed by atoms with Crippen molar-refractivity contribution in [3.05, 3.63) is 149 Å². The van der Waals surface area contributed by atoms with E-state index in [1.165, 1.54) is 11.1 Å². The van der Waals surface area contributed by atoms with E-state index in [0.717, 1.165) is 47.3 Å². The molecule has 1 aliphatic rings. The molecule has 0 bridgehead atoms. The van der Waals surface area contributed by atoms with Gasteiger partial charge in [-0.1, -0.05) is 103 Å². The monoisotopic (exact) mass is 578 g/mol. The zero-order valence-corrected chi connectivity index (χ0v) is 25.0. The van der Waals surface area contributed by atoms with Gasteiger partial charge in [-0.15, -0.1) is 6.58 Å². The third kappa shape index (κ3) is 9.12. The van der Waals surface area contributed by atoms with Crippen molar-refractivity contribution >= 4 is 0 Å². The molecule has 4 aromatic carbocycles. The Morgan fingerprint density at radius 1 is 0.744 bits per heavy atom. The van der Waals surface area contributed by atoms with Gasteiger partial charge < -0.3 is 23.7 Å².